The number of rotatable bonds is 5. The van der Waals surface area contributed by atoms with Crippen LogP contribution in [-0.4, -0.2) is 30.0 Å². The molecule has 0 unspecified atom stereocenters. The van der Waals surface area contributed by atoms with Crippen molar-refractivity contribution in [1.82, 2.24) is 9.78 Å². The molecular formula is C17H17F3N2O4. The summed E-state index contributed by atoms with van der Waals surface area (Å²) in [4.78, 5) is 11.7. The van der Waals surface area contributed by atoms with Gasteiger partial charge < -0.3 is 14.2 Å². The van der Waals surface area contributed by atoms with Crippen molar-refractivity contribution in [3.8, 4) is 11.4 Å². The highest BCUT2D eigenvalue weighted by Crippen LogP contribution is 2.31. The van der Waals surface area contributed by atoms with Gasteiger partial charge in [0.1, 0.15) is 12.0 Å². The Hall–Kier alpha value is -2.97. The van der Waals surface area contributed by atoms with Crippen LogP contribution >= 0.6 is 0 Å². The summed E-state index contributed by atoms with van der Waals surface area (Å²) in [6.45, 7) is 3.05. The molecule has 0 spiro atoms. The van der Waals surface area contributed by atoms with E-state index >= 15 is 0 Å². The first kappa shape index (κ1) is 19.4. The highest BCUT2D eigenvalue weighted by atomic mass is 19.4. The number of methoxy groups -OCH3 is 2. The second-order valence-corrected chi connectivity index (χ2v) is 5.36. The number of carbonyl (C=O) groups is 1. The van der Waals surface area contributed by atoms with E-state index in [9.17, 15) is 18.0 Å². The third kappa shape index (κ3) is 4.16. The van der Waals surface area contributed by atoms with E-state index in [2.05, 4.69) is 9.84 Å². The van der Waals surface area contributed by atoms with Crippen LogP contribution in [0, 0.1) is 13.8 Å². The van der Waals surface area contributed by atoms with E-state index in [-0.39, 0.29) is 17.1 Å². The number of benzene rings is 1. The van der Waals surface area contributed by atoms with Gasteiger partial charge in [0.25, 0.3) is 0 Å². The van der Waals surface area contributed by atoms with Crippen LogP contribution in [0.25, 0.3) is 5.69 Å². The van der Waals surface area contributed by atoms with Crippen LogP contribution in [0.3, 0.4) is 0 Å². The van der Waals surface area contributed by atoms with Gasteiger partial charge in [-0.2, -0.15) is 18.3 Å². The largest absolute Gasteiger partial charge is 0.500 e. The average molecular weight is 370 g/mol. The highest BCUT2D eigenvalue weighted by Gasteiger charge is 2.36. The highest BCUT2D eigenvalue weighted by molar-refractivity contribution is 5.86. The first-order valence-electron chi connectivity index (χ1n) is 7.41. The molecular weight excluding hydrogens is 353 g/mol. The first-order chi connectivity index (χ1) is 12.2. The van der Waals surface area contributed by atoms with Crippen LogP contribution in [0.2, 0.25) is 0 Å². The number of aromatic nitrogens is 2. The SMILES string of the molecule is CO/C=C(\Oc1cc(-n2cc(C)c(C(F)(F)F)n2)ccc1C)C(=O)OC. The number of hydrogen-bond donors (Lipinski definition) is 0. The van der Waals surface area contributed by atoms with Crippen LogP contribution in [0.1, 0.15) is 16.8 Å². The number of nitrogens with zero attached hydrogens (tertiary/aromatic N) is 2. The molecule has 1 aromatic heterocycles. The van der Waals surface area contributed by atoms with Gasteiger partial charge in [0, 0.05) is 12.3 Å². The third-order valence-electron chi connectivity index (χ3n) is 3.43. The van der Waals surface area contributed by atoms with E-state index in [1.165, 1.54) is 33.4 Å². The Balaban J connectivity index is 2.42. The number of ether oxygens (including phenoxy) is 3. The summed E-state index contributed by atoms with van der Waals surface area (Å²) in [5.41, 5.74) is 0.0237. The number of carbonyl (C=O) groups excluding carboxylic acids is 1. The normalized spacial score (nSPS) is 12.0. The van der Waals surface area contributed by atoms with Gasteiger partial charge in [-0.3, -0.25) is 0 Å². The predicted octanol–water partition coefficient (Wildman–Crippen LogP) is 3.55. The molecule has 1 heterocycles. The van der Waals surface area contributed by atoms with Gasteiger partial charge in [-0.1, -0.05) is 6.07 Å². The maximum Gasteiger partial charge on any atom is 0.435 e. The zero-order valence-electron chi connectivity index (χ0n) is 14.5. The predicted molar refractivity (Wildman–Crippen MR) is 85.8 cm³/mol. The summed E-state index contributed by atoms with van der Waals surface area (Å²) < 4.78 is 54.8. The van der Waals surface area contributed by atoms with E-state index in [0.29, 0.717) is 11.3 Å². The van der Waals surface area contributed by atoms with Crippen LogP contribution in [-0.2, 0) is 20.4 Å². The van der Waals surface area contributed by atoms with Crippen molar-refractivity contribution < 1.29 is 32.2 Å². The van der Waals surface area contributed by atoms with Gasteiger partial charge in [-0.15, -0.1) is 0 Å². The van der Waals surface area contributed by atoms with E-state index < -0.39 is 17.8 Å². The summed E-state index contributed by atoms with van der Waals surface area (Å²) >= 11 is 0. The van der Waals surface area contributed by atoms with Crippen LogP contribution in [0.4, 0.5) is 13.2 Å². The van der Waals surface area contributed by atoms with Crippen LogP contribution in [0.15, 0.2) is 36.4 Å². The fourth-order valence-corrected chi connectivity index (χ4v) is 2.15. The van der Waals surface area contributed by atoms with Crippen molar-refractivity contribution in [3.63, 3.8) is 0 Å². The molecule has 0 atom stereocenters. The Kier molecular flexibility index (Phi) is 5.59. The smallest absolute Gasteiger partial charge is 0.435 e. The maximum absolute atomic E-state index is 12.9. The molecule has 0 aliphatic heterocycles. The van der Waals surface area contributed by atoms with Crippen LogP contribution < -0.4 is 4.74 Å². The van der Waals surface area contributed by atoms with Crippen molar-refractivity contribution in [2.75, 3.05) is 14.2 Å². The summed E-state index contributed by atoms with van der Waals surface area (Å²) in [5.74, 6) is -0.716. The second-order valence-electron chi connectivity index (χ2n) is 5.36. The maximum atomic E-state index is 12.9. The van der Waals surface area contributed by atoms with Gasteiger partial charge >= 0.3 is 12.1 Å². The molecule has 0 aliphatic rings. The van der Waals surface area contributed by atoms with Gasteiger partial charge in [-0.25, -0.2) is 9.48 Å². The summed E-state index contributed by atoms with van der Waals surface area (Å²) in [6, 6.07) is 4.69. The summed E-state index contributed by atoms with van der Waals surface area (Å²) in [5, 5.41) is 3.59. The lowest BCUT2D eigenvalue weighted by molar-refractivity contribution is -0.142. The van der Waals surface area contributed by atoms with Gasteiger partial charge in [0.05, 0.1) is 19.9 Å². The molecule has 0 saturated carbocycles. The molecule has 0 N–H and O–H groups in total. The second kappa shape index (κ2) is 7.51. The Bertz CT molecular complexity index is 841. The Morgan fingerprint density at radius 1 is 1.19 bits per heavy atom. The number of halogens is 3. The lowest BCUT2D eigenvalue weighted by Crippen LogP contribution is -2.12. The average Bonchev–Trinajstić information content (AvgIpc) is 2.97. The number of aryl methyl sites for hydroxylation is 2. The number of alkyl halides is 3. The molecule has 0 radical (unpaired) electrons. The summed E-state index contributed by atoms with van der Waals surface area (Å²) in [6.07, 6.45) is -2.21. The zero-order chi connectivity index (χ0) is 19.5. The molecule has 1 aromatic carbocycles. The number of esters is 1. The first-order valence-corrected chi connectivity index (χ1v) is 7.41. The molecule has 0 amide bonds. The molecule has 2 aromatic rings. The molecule has 0 saturated heterocycles. The Morgan fingerprint density at radius 2 is 1.88 bits per heavy atom. The fraction of sp³-hybridized carbons (Fsp3) is 0.294. The third-order valence-corrected chi connectivity index (χ3v) is 3.43. The quantitative estimate of drug-likeness (QED) is 0.458. The standard InChI is InChI=1S/C17H17F3N2O4/c1-10-5-6-12(22-8-11(2)15(21-22)17(18,19)20)7-13(10)26-14(9-24-3)16(23)25-4/h5-9H,1-4H3/b14-9-. The van der Waals surface area contributed by atoms with Crippen molar-refractivity contribution >= 4 is 5.97 Å². The minimum atomic E-state index is -4.54. The lowest BCUT2D eigenvalue weighted by atomic mass is 10.2. The van der Waals surface area contributed by atoms with E-state index in [4.69, 9.17) is 9.47 Å². The number of hydrogen-bond acceptors (Lipinski definition) is 5. The minimum Gasteiger partial charge on any atom is -0.500 e. The van der Waals surface area contributed by atoms with Gasteiger partial charge in [-0.05, 0) is 31.0 Å². The van der Waals surface area contributed by atoms with Gasteiger partial charge in [0.15, 0.2) is 5.69 Å². The molecule has 0 fully saturated rings. The van der Waals surface area contributed by atoms with E-state index in [1.54, 1.807) is 19.1 Å². The van der Waals surface area contributed by atoms with Crippen molar-refractivity contribution in [1.29, 1.82) is 0 Å². The lowest BCUT2D eigenvalue weighted by Gasteiger charge is -2.12. The molecule has 0 bridgehead atoms. The van der Waals surface area contributed by atoms with E-state index in [1.807, 2.05) is 0 Å². The molecule has 140 valence electrons. The topological polar surface area (TPSA) is 62.6 Å². The molecule has 26 heavy (non-hydrogen) atoms. The molecule has 0 aliphatic carbocycles. The fourth-order valence-electron chi connectivity index (χ4n) is 2.15. The van der Waals surface area contributed by atoms with Crippen molar-refractivity contribution in [2.24, 2.45) is 0 Å². The van der Waals surface area contributed by atoms with E-state index in [0.717, 1.165) is 10.9 Å². The van der Waals surface area contributed by atoms with Crippen molar-refractivity contribution in [3.05, 3.63) is 53.2 Å². The summed E-state index contributed by atoms with van der Waals surface area (Å²) in [7, 11) is 2.52. The van der Waals surface area contributed by atoms with Gasteiger partial charge in [0.2, 0.25) is 5.76 Å². The molecule has 6 nitrogen and oxygen atoms in total. The monoisotopic (exact) mass is 370 g/mol. The van der Waals surface area contributed by atoms with Crippen molar-refractivity contribution in [2.45, 2.75) is 20.0 Å². The molecule has 9 heteroatoms. The Labute approximate surface area is 147 Å². The minimum absolute atomic E-state index is 0.00456. The Morgan fingerprint density at radius 3 is 2.42 bits per heavy atom. The van der Waals surface area contributed by atoms with Crippen LogP contribution in [0.5, 0.6) is 5.75 Å². The molecule has 2 rings (SSSR count). The zero-order valence-corrected chi connectivity index (χ0v) is 14.5.